The molecule has 37 heavy (non-hydrogen) atoms. The van der Waals surface area contributed by atoms with Crippen LogP contribution in [0.3, 0.4) is 0 Å². The van der Waals surface area contributed by atoms with Crippen LogP contribution >= 0.6 is 0 Å². The Bertz CT molecular complexity index is 1580. The summed E-state index contributed by atoms with van der Waals surface area (Å²) in [7, 11) is 1.43. The van der Waals surface area contributed by atoms with Crippen molar-refractivity contribution < 1.29 is 29.0 Å². The molecule has 8 nitrogen and oxygen atoms in total. The van der Waals surface area contributed by atoms with Crippen LogP contribution in [0.5, 0.6) is 11.5 Å². The molecule has 0 aliphatic rings. The van der Waals surface area contributed by atoms with Crippen molar-refractivity contribution >= 4 is 40.4 Å². The Morgan fingerprint density at radius 3 is 2.35 bits per heavy atom. The zero-order valence-electron chi connectivity index (χ0n) is 19.6. The molecule has 4 aromatic carbocycles. The molecule has 0 aromatic heterocycles. The Morgan fingerprint density at radius 1 is 0.919 bits per heavy atom. The van der Waals surface area contributed by atoms with Gasteiger partial charge in [0.2, 0.25) is 0 Å². The number of aromatic carboxylic acids is 1. The summed E-state index contributed by atoms with van der Waals surface area (Å²) < 4.78 is 11.0. The number of carboxylic acids is 1. The molecule has 0 unspecified atom stereocenters. The average Bonchev–Trinajstić information content (AvgIpc) is 2.91. The topological polar surface area (TPSA) is 126 Å². The summed E-state index contributed by atoms with van der Waals surface area (Å²) in [6, 6.07) is 24.8. The summed E-state index contributed by atoms with van der Waals surface area (Å²) >= 11 is 0. The number of ether oxygens (including phenoxy) is 2. The number of hydrogen-bond donors (Lipinski definition) is 2. The largest absolute Gasteiger partial charge is 0.493 e. The lowest BCUT2D eigenvalue weighted by Gasteiger charge is -2.11. The number of carbonyl (C=O) groups is 3. The molecule has 4 rings (SSSR count). The van der Waals surface area contributed by atoms with Crippen molar-refractivity contribution in [3.8, 4) is 17.6 Å². The van der Waals surface area contributed by atoms with Gasteiger partial charge in [-0.1, -0.05) is 42.5 Å². The van der Waals surface area contributed by atoms with E-state index in [0.717, 1.165) is 10.8 Å². The normalized spacial score (nSPS) is 10.9. The van der Waals surface area contributed by atoms with Gasteiger partial charge in [0.25, 0.3) is 5.91 Å². The van der Waals surface area contributed by atoms with Crippen LogP contribution in [0.15, 0.2) is 90.5 Å². The van der Waals surface area contributed by atoms with Crippen molar-refractivity contribution in [2.45, 2.75) is 0 Å². The molecular formula is C29H20N2O6. The molecule has 0 radical (unpaired) electrons. The van der Waals surface area contributed by atoms with E-state index in [9.17, 15) is 19.6 Å². The predicted octanol–water partition coefficient (Wildman–Crippen LogP) is 5.31. The molecule has 0 aliphatic carbocycles. The second-order valence-electron chi connectivity index (χ2n) is 7.83. The highest BCUT2D eigenvalue weighted by molar-refractivity contribution is 6.10. The van der Waals surface area contributed by atoms with E-state index in [1.165, 1.54) is 43.5 Å². The van der Waals surface area contributed by atoms with Gasteiger partial charge in [-0.2, -0.15) is 5.26 Å². The minimum atomic E-state index is -1.09. The van der Waals surface area contributed by atoms with E-state index in [2.05, 4.69) is 5.32 Å². The number of anilines is 1. The van der Waals surface area contributed by atoms with E-state index in [0.29, 0.717) is 22.6 Å². The number of carboxylic acid groups (broad SMARTS) is 1. The van der Waals surface area contributed by atoms with Crippen LogP contribution in [0.4, 0.5) is 5.69 Å². The summed E-state index contributed by atoms with van der Waals surface area (Å²) in [6.45, 7) is 0. The van der Waals surface area contributed by atoms with Gasteiger partial charge in [0, 0.05) is 5.69 Å². The molecule has 0 saturated heterocycles. The maximum Gasteiger partial charge on any atom is 0.344 e. The number of carbonyl (C=O) groups excluding carboxylic acids is 2. The minimum absolute atomic E-state index is 0.0675. The molecule has 0 spiro atoms. The molecule has 0 fully saturated rings. The quantitative estimate of drug-likeness (QED) is 0.155. The van der Waals surface area contributed by atoms with Gasteiger partial charge >= 0.3 is 11.9 Å². The van der Waals surface area contributed by atoms with Gasteiger partial charge in [0.1, 0.15) is 11.6 Å². The van der Waals surface area contributed by atoms with Crippen LogP contribution in [0.1, 0.15) is 26.3 Å². The standard InChI is InChI=1S/C29H20N2O6/c1-36-25-14-9-18(15-21(17-30)27(32)31-22-12-10-20(11-13-22)28(33)34)16-26(25)37-29(35)24-8-4-6-19-5-2-3-7-23(19)24/h2-16H,1H3,(H,31,32)(H,33,34)/b21-15+. The van der Waals surface area contributed by atoms with Crippen molar-refractivity contribution in [2.24, 2.45) is 0 Å². The number of amides is 1. The number of rotatable bonds is 7. The zero-order valence-corrected chi connectivity index (χ0v) is 19.6. The third kappa shape index (κ3) is 5.63. The summed E-state index contributed by atoms with van der Waals surface area (Å²) in [4.78, 5) is 36.6. The number of benzene rings is 4. The second-order valence-corrected chi connectivity index (χ2v) is 7.83. The number of methoxy groups -OCH3 is 1. The number of fused-ring (bicyclic) bond motifs is 1. The fraction of sp³-hybridized carbons (Fsp3) is 0.0345. The third-order valence-corrected chi connectivity index (χ3v) is 5.47. The van der Waals surface area contributed by atoms with Crippen LogP contribution in [-0.2, 0) is 4.79 Å². The fourth-order valence-electron chi connectivity index (χ4n) is 3.63. The Labute approximate surface area is 212 Å². The van der Waals surface area contributed by atoms with Gasteiger partial charge in [-0.05, 0) is 64.9 Å². The van der Waals surface area contributed by atoms with E-state index in [1.54, 1.807) is 24.3 Å². The summed E-state index contributed by atoms with van der Waals surface area (Å²) in [5.41, 5.74) is 0.994. The van der Waals surface area contributed by atoms with Crippen LogP contribution in [0.25, 0.3) is 16.8 Å². The van der Waals surface area contributed by atoms with Gasteiger partial charge in [-0.25, -0.2) is 9.59 Å². The number of esters is 1. The Balaban J connectivity index is 1.58. The first-order valence-corrected chi connectivity index (χ1v) is 11.0. The van der Waals surface area contributed by atoms with Crippen LogP contribution in [0.2, 0.25) is 0 Å². The lowest BCUT2D eigenvalue weighted by molar-refractivity contribution is -0.112. The van der Waals surface area contributed by atoms with E-state index in [-0.39, 0.29) is 16.9 Å². The Hall–Kier alpha value is -5.42. The first-order valence-electron chi connectivity index (χ1n) is 11.0. The smallest absolute Gasteiger partial charge is 0.344 e. The molecule has 0 atom stereocenters. The maximum atomic E-state index is 13.0. The van der Waals surface area contributed by atoms with Crippen LogP contribution in [-0.4, -0.2) is 30.1 Å². The van der Waals surface area contributed by atoms with E-state index < -0.39 is 17.8 Å². The molecule has 8 heteroatoms. The van der Waals surface area contributed by atoms with Crippen molar-refractivity contribution in [1.82, 2.24) is 0 Å². The number of nitrogens with one attached hydrogen (secondary N) is 1. The summed E-state index contributed by atoms with van der Waals surface area (Å²) in [5, 5.41) is 22.7. The van der Waals surface area contributed by atoms with Crippen molar-refractivity contribution in [1.29, 1.82) is 5.26 Å². The van der Waals surface area contributed by atoms with Crippen molar-refractivity contribution in [3.05, 3.63) is 107 Å². The van der Waals surface area contributed by atoms with E-state index in [1.807, 2.05) is 36.4 Å². The van der Waals surface area contributed by atoms with Gasteiger partial charge in [-0.3, -0.25) is 4.79 Å². The van der Waals surface area contributed by atoms with Gasteiger partial charge in [-0.15, -0.1) is 0 Å². The SMILES string of the molecule is COc1ccc(/C=C(\C#N)C(=O)Nc2ccc(C(=O)O)cc2)cc1OC(=O)c1cccc2ccccc12. The van der Waals surface area contributed by atoms with Crippen LogP contribution in [0, 0.1) is 11.3 Å². The van der Waals surface area contributed by atoms with Gasteiger partial charge in [0.15, 0.2) is 11.5 Å². The molecule has 0 heterocycles. The molecule has 2 N–H and O–H groups in total. The average molecular weight is 492 g/mol. The highest BCUT2D eigenvalue weighted by Gasteiger charge is 2.16. The Morgan fingerprint density at radius 2 is 1.65 bits per heavy atom. The molecule has 0 bridgehead atoms. The molecule has 4 aromatic rings. The zero-order chi connectivity index (χ0) is 26.4. The second kappa shape index (κ2) is 10.9. The molecule has 1 amide bonds. The Kier molecular flexibility index (Phi) is 7.27. The first-order chi connectivity index (χ1) is 17.9. The highest BCUT2D eigenvalue weighted by Crippen LogP contribution is 2.31. The van der Waals surface area contributed by atoms with Crippen molar-refractivity contribution in [3.63, 3.8) is 0 Å². The fourth-order valence-corrected chi connectivity index (χ4v) is 3.63. The van der Waals surface area contributed by atoms with Gasteiger partial charge in [0.05, 0.1) is 18.2 Å². The highest BCUT2D eigenvalue weighted by atomic mass is 16.6. The monoisotopic (exact) mass is 492 g/mol. The summed E-state index contributed by atoms with van der Waals surface area (Å²) in [6.07, 6.45) is 1.34. The number of nitriles is 1. The minimum Gasteiger partial charge on any atom is -0.493 e. The van der Waals surface area contributed by atoms with Crippen LogP contribution < -0.4 is 14.8 Å². The van der Waals surface area contributed by atoms with Gasteiger partial charge < -0.3 is 19.9 Å². The lowest BCUT2D eigenvalue weighted by Crippen LogP contribution is -2.13. The van der Waals surface area contributed by atoms with E-state index >= 15 is 0 Å². The molecular weight excluding hydrogens is 472 g/mol. The molecule has 182 valence electrons. The van der Waals surface area contributed by atoms with Crippen molar-refractivity contribution in [2.75, 3.05) is 12.4 Å². The third-order valence-electron chi connectivity index (χ3n) is 5.47. The number of hydrogen-bond acceptors (Lipinski definition) is 6. The molecule has 0 saturated carbocycles. The van der Waals surface area contributed by atoms with E-state index in [4.69, 9.17) is 14.6 Å². The summed E-state index contributed by atoms with van der Waals surface area (Å²) in [5.74, 6) is -1.94. The maximum absolute atomic E-state index is 13.0. The predicted molar refractivity (Wildman–Crippen MR) is 138 cm³/mol. The number of nitrogens with zero attached hydrogens (tertiary/aromatic N) is 1. The lowest BCUT2D eigenvalue weighted by atomic mass is 10.0. The first kappa shape index (κ1) is 24.7. The molecule has 0 aliphatic heterocycles.